The van der Waals surface area contributed by atoms with Gasteiger partial charge in [-0.05, 0) is 59.1 Å². The topological polar surface area (TPSA) is 99.7 Å². The molecular formula is C20H15F3N4O4S3. The molecule has 0 aliphatic carbocycles. The number of rotatable bonds is 7. The third-order valence-corrected chi connectivity index (χ3v) is 8.14. The van der Waals surface area contributed by atoms with Crippen LogP contribution in [0.3, 0.4) is 0 Å². The molecule has 34 heavy (non-hydrogen) atoms. The number of nitrogens with one attached hydrogen (secondary N) is 1. The van der Waals surface area contributed by atoms with E-state index in [2.05, 4.69) is 9.71 Å². The molecule has 0 bridgehead atoms. The number of aromatic nitrogens is 1. The SMILES string of the molecule is O=C1CN(Cc2ccncc2NS(=O)(=O)c2cccs2)C(=O)N1c1ccc(SC(F)(F)F)cc1. The Bertz CT molecular complexity index is 1310. The second kappa shape index (κ2) is 9.27. The summed E-state index contributed by atoms with van der Waals surface area (Å²) in [7, 11) is -3.86. The van der Waals surface area contributed by atoms with Crippen molar-refractivity contribution in [3.8, 4) is 0 Å². The maximum absolute atomic E-state index is 12.9. The quantitative estimate of drug-likeness (QED) is 0.358. The van der Waals surface area contributed by atoms with Crippen LogP contribution in [0.25, 0.3) is 0 Å². The van der Waals surface area contributed by atoms with E-state index in [0.717, 1.165) is 16.2 Å². The Hall–Kier alpha value is -3.10. The number of carbonyl (C=O) groups excluding carboxylic acids is 2. The van der Waals surface area contributed by atoms with Crippen LogP contribution in [0.15, 0.2) is 69.3 Å². The monoisotopic (exact) mass is 528 g/mol. The second-order valence-electron chi connectivity index (χ2n) is 6.98. The van der Waals surface area contributed by atoms with Crippen molar-refractivity contribution < 1.29 is 31.2 Å². The number of alkyl halides is 3. The first-order valence-corrected chi connectivity index (χ1v) is 12.7. The number of sulfonamides is 1. The molecule has 1 saturated heterocycles. The minimum absolute atomic E-state index is 0.0772. The Labute approximate surface area is 200 Å². The van der Waals surface area contributed by atoms with Gasteiger partial charge in [-0.1, -0.05) is 6.07 Å². The zero-order valence-electron chi connectivity index (χ0n) is 17.0. The van der Waals surface area contributed by atoms with Gasteiger partial charge in [0.1, 0.15) is 10.8 Å². The van der Waals surface area contributed by atoms with Crippen molar-refractivity contribution in [3.05, 3.63) is 65.8 Å². The minimum Gasteiger partial charge on any atom is -0.310 e. The van der Waals surface area contributed by atoms with Crippen molar-refractivity contribution in [2.45, 2.75) is 21.2 Å². The van der Waals surface area contributed by atoms with Gasteiger partial charge in [0.15, 0.2) is 0 Å². The molecule has 0 unspecified atom stereocenters. The molecule has 2 aromatic heterocycles. The largest absolute Gasteiger partial charge is 0.446 e. The van der Waals surface area contributed by atoms with E-state index >= 15 is 0 Å². The predicted octanol–water partition coefficient (Wildman–Crippen LogP) is 4.52. The number of imide groups is 1. The summed E-state index contributed by atoms with van der Waals surface area (Å²) in [4.78, 5) is 31.4. The molecule has 14 heteroatoms. The molecule has 0 saturated carbocycles. The van der Waals surface area contributed by atoms with Crippen molar-refractivity contribution in [2.24, 2.45) is 0 Å². The van der Waals surface area contributed by atoms with Crippen LogP contribution in [0.1, 0.15) is 5.56 Å². The lowest BCUT2D eigenvalue weighted by atomic mass is 10.2. The number of hydrogen-bond donors (Lipinski definition) is 1. The summed E-state index contributed by atoms with van der Waals surface area (Å²) in [6, 6.07) is 8.78. The second-order valence-corrected chi connectivity index (χ2v) is 11.0. The Balaban J connectivity index is 1.51. The van der Waals surface area contributed by atoms with Crippen LogP contribution < -0.4 is 9.62 Å². The number of thiophene rings is 1. The highest BCUT2D eigenvalue weighted by Crippen LogP contribution is 2.37. The Kier molecular flexibility index (Phi) is 6.55. The number of nitrogens with zero attached hydrogens (tertiary/aromatic N) is 3. The van der Waals surface area contributed by atoms with Gasteiger partial charge in [0.05, 0.1) is 24.1 Å². The van der Waals surface area contributed by atoms with Gasteiger partial charge in [0.25, 0.3) is 15.9 Å². The molecule has 3 heterocycles. The zero-order chi connectivity index (χ0) is 24.5. The first-order chi connectivity index (χ1) is 16.0. The Morgan fingerprint density at radius 3 is 2.50 bits per heavy atom. The standard InChI is InChI=1S/C20H15F3N4O4S3/c21-20(22,23)33-15-5-3-14(4-6-15)27-17(28)12-26(19(27)29)11-13-7-8-24-10-16(13)25-34(30,31)18-2-1-9-32-18/h1-10,25H,11-12H2. The summed E-state index contributed by atoms with van der Waals surface area (Å²) >= 11 is 0.741. The fraction of sp³-hybridized carbons (Fsp3) is 0.150. The highest BCUT2D eigenvalue weighted by atomic mass is 32.2. The number of anilines is 2. The maximum Gasteiger partial charge on any atom is 0.446 e. The van der Waals surface area contributed by atoms with E-state index in [1.165, 1.54) is 53.7 Å². The van der Waals surface area contributed by atoms with E-state index in [9.17, 15) is 31.2 Å². The first kappa shape index (κ1) is 24.0. The molecule has 8 nitrogen and oxygen atoms in total. The zero-order valence-corrected chi connectivity index (χ0v) is 19.5. The molecule has 0 radical (unpaired) electrons. The van der Waals surface area contributed by atoms with Gasteiger partial charge in [0.2, 0.25) is 0 Å². The highest BCUT2D eigenvalue weighted by Gasteiger charge is 2.37. The summed E-state index contributed by atoms with van der Waals surface area (Å²) in [5, 5.41) is 1.62. The lowest BCUT2D eigenvalue weighted by molar-refractivity contribution is -0.116. The van der Waals surface area contributed by atoms with Gasteiger partial charge in [0, 0.05) is 11.1 Å². The molecule has 1 aliphatic heterocycles. The molecule has 1 N–H and O–H groups in total. The molecule has 3 aromatic rings. The average molecular weight is 529 g/mol. The van der Waals surface area contributed by atoms with Crippen LogP contribution in [-0.2, 0) is 21.4 Å². The van der Waals surface area contributed by atoms with Crippen LogP contribution in [-0.4, -0.2) is 42.3 Å². The van der Waals surface area contributed by atoms with Crippen LogP contribution >= 0.6 is 23.1 Å². The molecule has 0 atom stereocenters. The van der Waals surface area contributed by atoms with E-state index in [0.29, 0.717) is 5.56 Å². The van der Waals surface area contributed by atoms with Crippen LogP contribution in [0.5, 0.6) is 0 Å². The summed E-state index contributed by atoms with van der Waals surface area (Å²) in [5.74, 6) is -0.559. The smallest absolute Gasteiger partial charge is 0.310 e. The number of hydrogen-bond acceptors (Lipinski definition) is 7. The predicted molar refractivity (Wildman–Crippen MR) is 121 cm³/mol. The number of thioether (sulfide) groups is 1. The average Bonchev–Trinajstić information content (AvgIpc) is 3.39. The summed E-state index contributed by atoms with van der Waals surface area (Å²) < 4.78 is 65.3. The molecule has 178 valence electrons. The maximum atomic E-state index is 12.9. The third-order valence-electron chi connectivity index (χ3n) is 4.64. The molecule has 4 rings (SSSR count). The van der Waals surface area contributed by atoms with Crippen LogP contribution in [0.4, 0.5) is 29.3 Å². The van der Waals surface area contributed by atoms with E-state index in [1.54, 1.807) is 11.4 Å². The van der Waals surface area contributed by atoms with Crippen molar-refractivity contribution >= 4 is 56.4 Å². The number of amides is 3. The number of benzene rings is 1. The Morgan fingerprint density at radius 1 is 1.12 bits per heavy atom. The molecule has 1 fully saturated rings. The van der Waals surface area contributed by atoms with E-state index in [1.807, 2.05) is 0 Å². The third kappa shape index (κ3) is 5.34. The highest BCUT2D eigenvalue weighted by molar-refractivity contribution is 8.00. The number of urea groups is 1. The van der Waals surface area contributed by atoms with Crippen molar-refractivity contribution in [1.29, 1.82) is 0 Å². The number of pyridine rings is 1. The van der Waals surface area contributed by atoms with Gasteiger partial charge in [-0.3, -0.25) is 14.5 Å². The fourth-order valence-corrected chi connectivity index (χ4v) is 5.81. The molecule has 1 aromatic carbocycles. The van der Waals surface area contributed by atoms with Gasteiger partial charge in [-0.15, -0.1) is 11.3 Å². The summed E-state index contributed by atoms with van der Waals surface area (Å²) in [6.07, 6.45) is 2.73. The van der Waals surface area contributed by atoms with Crippen molar-refractivity contribution in [3.63, 3.8) is 0 Å². The van der Waals surface area contributed by atoms with Crippen molar-refractivity contribution in [2.75, 3.05) is 16.2 Å². The number of halogens is 3. The van der Waals surface area contributed by atoms with Gasteiger partial charge in [-0.25, -0.2) is 18.1 Å². The fourth-order valence-electron chi connectivity index (χ4n) is 3.19. The van der Waals surface area contributed by atoms with Gasteiger partial charge < -0.3 is 4.90 Å². The van der Waals surface area contributed by atoms with Crippen LogP contribution in [0.2, 0.25) is 0 Å². The lowest BCUT2D eigenvalue weighted by Gasteiger charge is -2.19. The van der Waals surface area contributed by atoms with Crippen LogP contribution in [0, 0.1) is 0 Å². The summed E-state index contributed by atoms with van der Waals surface area (Å²) in [6.45, 7) is -0.370. The molecule has 0 spiro atoms. The minimum atomic E-state index is -4.45. The summed E-state index contributed by atoms with van der Waals surface area (Å²) in [5.41, 5.74) is -3.75. The van der Waals surface area contributed by atoms with E-state index < -0.39 is 27.5 Å². The van der Waals surface area contributed by atoms with E-state index in [4.69, 9.17) is 0 Å². The normalized spacial score (nSPS) is 14.7. The van der Waals surface area contributed by atoms with Gasteiger partial charge in [-0.2, -0.15) is 13.2 Å². The first-order valence-electron chi connectivity index (χ1n) is 9.50. The van der Waals surface area contributed by atoms with E-state index in [-0.39, 0.29) is 45.3 Å². The Morgan fingerprint density at radius 2 is 1.85 bits per heavy atom. The molecule has 1 aliphatic rings. The number of carbonyl (C=O) groups is 2. The van der Waals surface area contributed by atoms with Gasteiger partial charge >= 0.3 is 11.5 Å². The molecule has 3 amide bonds. The molecular weight excluding hydrogens is 513 g/mol. The lowest BCUT2D eigenvalue weighted by Crippen LogP contribution is -2.33. The van der Waals surface area contributed by atoms with Crippen molar-refractivity contribution in [1.82, 2.24) is 9.88 Å².